The summed E-state index contributed by atoms with van der Waals surface area (Å²) >= 11 is 0. The van der Waals surface area contributed by atoms with Gasteiger partial charge in [0.25, 0.3) is 0 Å². The van der Waals surface area contributed by atoms with Crippen LogP contribution in [0.5, 0.6) is 5.88 Å². The molecule has 2 heterocycles. The van der Waals surface area contributed by atoms with Crippen molar-refractivity contribution in [2.75, 3.05) is 7.11 Å². The number of imidazole rings is 1. The predicted molar refractivity (Wildman–Crippen MR) is 63.0 cm³/mol. The van der Waals surface area contributed by atoms with Gasteiger partial charge in [0.2, 0.25) is 5.88 Å². The van der Waals surface area contributed by atoms with Gasteiger partial charge in [-0.3, -0.25) is 0 Å². The minimum absolute atomic E-state index is 0.0501. The molecule has 0 aliphatic carbocycles. The van der Waals surface area contributed by atoms with E-state index in [1.165, 1.54) is 0 Å². The van der Waals surface area contributed by atoms with E-state index in [1.807, 2.05) is 13.0 Å². The molecule has 0 bridgehead atoms. The summed E-state index contributed by atoms with van der Waals surface area (Å²) in [6.45, 7) is 8.38. The van der Waals surface area contributed by atoms with Gasteiger partial charge in [0.15, 0.2) is 5.65 Å². The maximum absolute atomic E-state index is 5.42. The molecule has 0 fully saturated rings. The van der Waals surface area contributed by atoms with Gasteiger partial charge in [-0.2, -0.15) is 9.61 Å². The Bertz CT molecular complexity index is 523. The number of nitrogens with zero attached hydrogens (tertiary/aromatic N) is 3. The van der Waals surface area contributed by atoms with E-state index < -0.39 is 0 Å². The molecule has 4 heteroatoms. The lowest BCUT2D eigenvalue weighted by Crippen LogP contribution is -2.13. The van der Waals surface area contributed by atoms with Gasteiger partial charge in [0.1, 0.15) is 5.69 Å². The molecule has 0 radical (unpaired) electrons. The minimum Gasteiger partial charge on any atom is -0.480 e. The highest BCUT2D eigenvalue weighted by atomic mass is 16.5. The molecular formula is C12H17N3O. The quantitative estimate of drug-likeness (QED) is 0.739. The molecule has 2 aromatic heterocycles. The summed E-state index contributed by atoms with van der Waals surface area (Å²) in [6.07, 6.45) is 1.76. The summed E-state index contributed by atoms with van der Waals surface area (Å²) < 4.78 is 7.18. The zero-order valence-corrected chi connectivity index (χ0v) is 10.4. The van der Waals surface area contributed by atoms with Gasteiger partial charge in [-0.05, 0) is 18.6 Å². The number of aromatic nitrogens is 3. The van der Waals surface area contributed by atoms with E-state index in [9.17, 15) is 0 Å². The van der Waals surface area contributed by atoms with Crippen LogP contribution in [-0.4, -0.2) is 21.7 Å². The van der Waals surface area contributed by atoms with Crippen LogP contribution in [0.2, 0.25) is 0 Å². The fraction of sp³-hybridized carbons (Fsp3) is 0.500. The van der Waals surface area contributed by atoms with E-state index in [4.69, 9.17) is 4.74 Å². The standard InChI is InChI=1S/C12H17N3O/c1-8-6-7-13-15-10(8)14-9(11(15)16-5)12(2,3)4/h6-7H,1-5H3. The van der Waals surface area contributed by atoms with E-state index in [0.717, 1.165) is 22.8 Å². The van der Waals surface area contributed by atoms with Crippen LogP contribution in [0.15, 0.2) is 12.3 Å². The Hall–Kier alpha value is -1.58. The maximum Gasteiger partial charge on any atom is 0.239 e. The monoisotopic (exact) mass is 219 g/mol. The number of ether oxygens (including phenoxy) is 1. The Morgan fingerprint density at radius 3 is 2.56 bits per heavy atom. The Labute approximate surface area is 95.3 Å². The summed E-state index contributed by atoms with van der Waals surface area (Å²) in [4.78, 5) is 4.63. The van der Waals surface area contributed by atoms with Crippen molar-refractivity contribution in [2.45, 2.75) is 33.1 Å². The number of aryl methyl sites for hydroxylation is 1. The fourth-order valence-corrected chi connectivity index (χ4v) is 1.72. The molecular weight excluding hydrogens is 202 g/mol. The number of hydrogen-bond donors (Lipinski definition) is 0. The predicted octanol–water partition coefficient (Wildman–Crippen LogP) is 2.34. The lowest BCUT2D eigenvalue weighted by molar-refractivity contribution is 0.370. The van der Waals surface area contributed by atoms with Crippen molar-refractivity contribution < 1.29 is 4.74 Å². The highest BCUT2D eigenvalue weighted by Crippen LogP contribution is 2.31. The van der Waals surface area contributed by atoms with Crippen LogP contribution in [0.25, 0.3) is 5.65 Å². The van der Waals surface area contributed by atoms with Crippen molar-refractivity contribution in [1.82, 2.24) is 14.6 Å². The van der Waals surface area contributed by atoms with E-state index in [2.05, 4.69) is 30.9 Å². The fourth-order valence-electron chi connectivity index (χ4n) is 1.72. The zero-order valence-electron chi connectivity index (χ0n) is 10.4. The van der Waals surface area contributed by atoms with Crippen LogP contribution in [0.3, 0.4) is 0 Å². The Morgan fingerprint density at radius 2 is 2.00 bits per heavy atom. The van der Waals surface area contributed by atoms with Gasteiger partial charge >= 0.3 is 0 Å². The summed E-state index contributed by atoms with van der Waals surface area (Å²) in [5, 5.41) is 4.28. The number of methoxy groups -OCH3 is 1. The average Bonchev–Trinajstić information content (AvgIpc) is 2.57. The second-order valence-electron chi connectivity index (χ2n) is 4.97. The molecule has 0 atom stereocenters. The molecule has 0 spiro atoms. The van der Waals surface area contributed by atoms with Crippen LogP contribution in [0.1, 0.15) is 32.0 Å². The van der Waals surface area contributed by atoms with Crippen LogP contribution in [-0.2, 0) is 5.41 Å². The largest absolute Gasteiger partial charge is 0.480 e. The van der Waals surface area contributed by atoms with E-state index in [-0.39, 0.29) is 5.41 Å². The van der Waals surface area contributed by atoms with Crippen molar-refractivity contribution >= 4 is 5.65 Å². The third kappa shape index (κ3) is 1.54. The van der Waals surface area contributed by atoms with Gasteiger partial charge in [-0.1, -0.05) is 20.8 Å². The normalized spacial score (nSPS) is 12.1. The van der Waals surface area contributed by atoms with Crippen LogP contribution < -0.4 is 4.74 Å². The summed E-state index contributed by atoms with van der Waals surface area (Å²) in [7, 11) is 1.66. The number of rotatable bonds is 1. The second kappa shape index (κ2) is 3.47. The van der Waals surface area contributed by atoms with E-state index in [1.54, 1.807) is 17.8 Å². The molecule has 0 saturated carbocycles. The molecule has 2 aromatic rings. The topological polar surface area (TPSA) is 39.4 Å². The van der Waals surface area contributed by atoms with Gasteiger partial charge in [-0.15, -0.1) is 0 Å². The van der Waals surface area contributed by atoms with Crippen molar-refractivity contribution in [1.29, 1.82) is 0 Å². The van der Waals surface area contributed by atoms with E-state index >= 15 is 0 Å². The van der Waals surface area contributed by atoms with Crippen molar-refractivity contribution in [3.05, 3.63) is 23.5 Å². The third-order valence-electron chi connectivity index (χ3n) is 2.58. The van der Waals surface area contributed by atoms with Crippen molar-refractivity contribution in [3.8, 4) is 5.88 Å². The first-order valence-electron chi connectivity index (χ1n) is 5.34. The number of fused-ring (bicyclic) bond motifs is 1. The summed E-state index contributed by atoms with van der Waals surface area (Å²) in [6, 6.07) is 1.95. The first-order chi connectivity index (χ1) is 7.45. The molecule has 4 nitrogen and oxygen atoms in total. The van der Waals surface area contributed by atoms with Gasteiger partial charge < -0.3 is 4.74 Å². The van der Waals surface area contributed by atoms with Crippen molar-refractivity contribution in [3.63, 3.8) is 0 Å². The Morgan fingerprint density at radius 1 is 1.31 bits per heavy atom. The molecule has 0 aliphatic rings. The summed E-state index contributed by atoms with van der Waals surface area (Å²) in [5.41, 5.74) is 2.86. The van der Waals surface area contributed by atoms with Gasteiger partial charge in [-0.25, -0.2) is 4.98 Å². The number of hydrogen-bond acceptors (Lipinski definition) is 3. The molecule has 0 aliphatic heterocycles. The molecule has 0 aromatic carbocycles. The second-order valence-corrected chi connectivity index (χ2v) is 4.97. The first-order valence-corrected chi connectivity index (χ1v) is 5.34. The molecule has 0 saturated heterocycles. The van der Waals surface area contributed by atoms with E-state index in [0.29, 0.717) is 0 Å². The van der Waals surface area contributed by atoms with Crippen molar-refractivity contribution in [2.24, 2.45) is 0 Å². The molecule has 2 rings (SSSR count). The van der Waals surface area contributed by atoms with Gasteiger partial charge in [0.05, 0.1) is 7.11 Å². The Balaban J connectivity index is 2.81. The molecule has 0 amide bonds. The van der Waals surface area contributed by atoms with Crippen LogP contribution in [0.4, 0.5) is 0 Å². The maximum atomic E-state index is 5.42. The van der Waals surface area contributed by atoms with Crippen LogP contribution >= 0.6 is 0 Å². The third-order valence-corrected chi connectivity index (χ3v) is 2.58. The molecule has 0 unspecified atom stereocenters. The lowest BCUT2D eigenvalue weighted by atomic mass is 9.92. The first kappa shape index (κ1) is 10.9. The van der Waals surface area contributed by atoms with Gasteiger partial charge in [0, 0.05) is 11.6 Å². The zero-order chi connectivity index (χ0) is 11.9. The molecule has 0 N–H and O–H groups in total. The van der Waals surface area contributed by atoms with Crippen LogP contribution in [0, 0.1) is 6.92 Å². The minimum atomic E-state index is -0.0501. The highest BCUT2D eigenvalue weighted by Gasteiger charge is 2.25. The summed E-state index contributed by atoms with van der Waals surface area (Å²) in [5.74, 6) is 0.728. The molecule has 86 valence electrons. The SMILES string of the molecule is COc1c(C(C)(C)C)nc2c(C)ccnn12. The average molecular weight is 219 g/mol. The molecule has 16 heavy (non-hydrogen) atoms. The smallest absolute Gasteiger partial charge is 0.239 e. The lowest BCUT2D eigenvalue weighted by Gasteiger charge is -2.16. The Kier molecular flexibility index (Phi) is 2.37. The highest BCUT2D eigenvalue weighted by molar-refractivity contribution is 5.51.